The van der Waals surface area contributed by atoms with E-state index in [2.05, 4.69) is 5.32 Å². The van der Waals surface area contributed by atoms with Crippen LogP contribution < -0.4 is 14.8 Å². The molecule has 1 aliphatic heterocycles. The van der Waals surface area contributed by atoms with Crippen LogP contribution >= 0.6 is 0 Å². The number of amides is 2. The molecule has 0 saturated heterocycles. The molecular weight excluding hydrogens is 572 g/mol. The number of nitrogens with zero attached hydrogens (tertiary/aromatic N) is 1. The first kappa shape index (κ1) is 28.6. The lowest BCUT2D eigenvalue weighted by Crippen LogP contribution is -2.59. The lowest BCUT2D eigenvalue weighted by Gasteiger charge is -2.58. The summed E-state index contributed by atoms with van der Waals surface area (Å²) < 4.78 is 18.0. The molecule has 2 heterocycles. The van der Waals surface area contributed by atoms with Crippen molar-refractivity contribution in [3.05, 3.63) is 71.5 Å². The van der Waals surface area contributed by atoms with E-state index in [4.69, 9.17) is 13.9 Å². The van der Waals surface area contributed by atoms with Gasteiger partial charge in [-0.25, -0.2) is 0 Å². The summed E-state index contributed by atoms with van der Waals surface area (Å²) in [5, 5.41) is 25.1. The third-order valence-electron chi connectivity index (χ3n) is 11.1. The summed E-state index contributed by atoms with van der Waals surface area (Å²) >= 11 is 0. The number of aliphatic hydroxyl groups excluding tert-OH is 2. The fraction of sp³-hybridized carbons (Fsp3) is 0.500. The Hall–Kier alpha value is -3.82. The van der Waals surface area contributed by atoms with E-state index in [1.165, 1.54) is 19.3 Å². The largest absolute Gasteiger partial charge is 0.493 e. The Morgan fingerprint density at radius 1 is 1.04 bits per heavy atom. The first-order valence-corrected chi connectivity index (χ1v) is 16.3. The molecule has 9 heteroatoms. The van der Waals surface area contributed by atoms with Gasteiger partial charge in [0.05, 0.1) is 25.7 Å². The quantitative estimate of drug-likeness (QED) is 0.344. The van der Waals surface area contributed by atoms with Crippen LogP contribution in [0.25, 0.3) is 11.0 Å². The monoisotopic (exact) mass is 612 g/mol. The van der Waals surface area contributed by atoms with Crippen LogP contribution in [-0.2, 0) is 4.79 Å². The number of rotatable bonds is 8. The molecule has 1 aromatic heterocycles. The van der Waals surface area contributed by atoms with Gasteiger partial charge in [0, 0.05) is 29.6 Å². The smallest absolute Gasteiger partial charge is 0.290 e. The minimum atomic E-state index is -1.09. The Balaban J connectivity index is 1.23. The van der Waals surface area contributed by atoms with Crippen molar-refractivity contribution in [3.8, 4) is 11.5 Å². The first-order chi connectivity index (χ1) is 21.9. The molecule has 5 aliphatic carbocycles. The molecule has 4 bridgehead atoms. The van der Waals surface area contributed by atoms with Crippen molar-refractivity contribution in [2.45, 2.75) is 62.7 Å². The zero-order valence-corrected chi connectivity index (χ0v) is 25.5. The number of aliphatic hydroxyl groups is 2. The van der Waals surface area contributed by atoms with Gasteiger partial charge in [0.15, 0.2) is 17.1 Å². The van der Waals surface area contributed by atoms with Crippen LogP contribution in [0.2, 0.25) is 0 Å². The van der Waals surface area contributed by atoms with Crippen LogP contribution in [0.4, 0.5) is 0 Å². The molecule has 9 rings (SSSR count). The molecule has 2 aromatic carbocycles. The van der Waals surface area contributed by atoms with Crippen LogP contribution in [0.3, 0.4) is 0 Å². The molecule has 4 saturated carbocycles. The number of hydrogen-bond donors (Lipinski definition) is 3. The number of hydrogen-bond acceptors (Lipinski definition) is 7. The maximum atomic E-state index is 14.7. The highest BCUT2D eigenvalue weighted by molar-refractivity contribution is 5.99. The number of para-hydroxylation sites is 2. The fourth-order valence-electron chi connectivity index (χ4n) is 9.79. The zero-order chi connectivity index (χ0) is 30.9. The average molecular weight is 613 g/mol. The fourth-order valence-corrected chi connectivity index (χ4v) is 9.79. The summed E-state index contributed by atoms with van der Waals surface area (Å²) in [6, 6.07) is 14.0. The van der Waals surface area contributed by atoms with Gasteiger partial charge in [0.25, 0.3) is 5.91 Å². The SMILES string of the molecule is COc1cccc2cc(C(=O)N(CC34CC5CC(CC(C5)C3)C4)C3C=C(C(=O)NCCO)C4c5ccccc5OC4C3O)oc12. The first-order valence-electron chi connectivity index (χ1n) is 16.3. The minimum Gasteiger partial charge on any atom is -0.493 e. The maximum absolute atomic E-state index is 14.7. The lowest BCUT2D eigenvalue weighted by molar-refractivity contribution is -0.119. The Labute approximate surface area is 262 Å². The summed E-state index contributed by atoms with van der Waals surface area (Å²) in [6.07, 6.45) is 6.95. The highest BCUT2D eigenvalue weighted by Gasteiger charge is 2.55. The number of methoxy groups -OCH3 is 1. The Morgan fingerprint density at radius 3 is 2.49 bits per heavy atom. The third kappa shape index (κ3) is 4.74. The van der Waals surface area contributed by atoms with E-state index in [1.54, 1.807) is 30.2 Å². The summed E-state index contributed by atoms with van der Waals surface area (Å²) in [5.41, 5.74) is 1.71. The van der Waals surface area contributed by atoms with Crippen LogP contribution in [0.15, 0.2) is 64.6 Å². The van der Waals surface area contributed by atoms with Gasteiger partial charge in [-0.1, -0.05) is 30.3 Å². The zero-order valence-electron chi connectivity index (χ0n) is 25.5. The van der Waals surface area contributed by atoms with Crippen molar-refractivity contribution in [2.75, 3.05) is 26.8 Å². The molecular formula is C36H40N2O7. The summed E-state index contributed by atoms with van der Waals surface area (Å²) in [7, 11) is 1.57. The molecule has 4 atom stereocenters. The number of nitrogens with one attached hydrogen (secondary N) is 1. The molecule has 4 unspecified atom stereocenters. The third-order valence-corrected chi connectivity index (χ3v) is 11.1. The predicted octanol–water partition coefficient (Wildman–Crippen LogP) is 4.42. The van der Waals surface area contributed by atoms with Crippen molar-refractivity contribution in [1.29, 1.82) is 0 Å². The van der Waals surface area contributed by atoms with Gasteiger partial charge in [-0.3, -0.25) is 9.59 Å². The molecule has 2 amide bonds. The normalized spacial score (nSPS) is 32.4. The molecule has 0 radical (unpaired) electrons. The van der Waals surface area contributed by atoms with E-state index in [9.17, 15) is 19.8 Å². The second kappa shape index (κ2) is 10.9. The van der Waals surface area contributed by atoms with Gasteiger partial charge in [-0.2, -0.15) is 0 Å². The van der Waals surface area contributed by atoms with Crippen LogP contribution in [0.1, 0.15) is 60.6 Å². The Kier molecular flexibility index (Phi) is 6.95. The molecule has 4 fully saturated rings. The summed E-state index contributed by atoms with van der Waals surface area (Å²) in [5.74, 6) is 2.19. The van der Waals surface area contributed by atoms with Crippen LogP contribution in [0.5, 0.6) is 11.5 Å². The maximum Gasteiger partial charge on any atom is 0.290 e. The second-order valence-corrected chi connectivity index (χ2v) is 14.0. The standard InChI is InChI=1S/C36H40N2O7/c1-43-28-8-4-5-23-14-29(45-32(23)28)35(42)38(19-36-16-20-11-21(17-36)13-22(12-20)18-36)26-15-25(34(41)37-9-10-39)30-24-6-2-3-7-27(24)44-33(30)31(26)40/h2-8,14-15,20-22,26,30-31,33,39-40H,9-13,16-19H2,1H3,(H,37,41). The van der Waals surface area contributed by atoms with Crippen molar-refractivity contribution >= 4 is 22.8 Å². The molecule has 3 aromatic rings. The summed E-state index contributed by atoms with van der Waals surface area (Å²) in [6.45, 7) is 0.371. The number of carbonyl (C=O) groups is 2. The lowest BCUT2D eigenvalue weighted by atomic mass is 9.49. The van der Waals surface area contributed by atoms with Gasteiger partial charge < -0.3 is 34.3 Å². The van der Waals surface area contributed by atoms with Crippen molar-refractivity contribution < 1.29 is 33.7 Å². The topological polar surface area (TPSA) is 121 Å². The highest BCUT2D eigenvalue weighted by atomic mass is 16.5. The van der Waals surface area contributed by atoms with E-state index < -0.39 is 24.2 Å². The van der Waals surface area contributed by atoms with E-state index in [0.29, 0.717) is 47.0 Å². The van der Waals surface area contributed by atoms with Crippen molar-refractivity contribution in [1.82, 2.24) is 10.2 Å². The number of furan rings is 1. The number of fused-ring (bicyclic) bond motifs is 4. The summed E-state index contributed by atoms with van der Waals surface area (Å²) in [4.78, 5) is 30.1. The second-order valence-electron chi connectivity index (χ2n) is 14.0. The highest BCUT2D eigenvalue weighted by Crippen LogP contribution is 2.60. The van der Waals surface area contributed by atoms with Gasteiger partial charge >= 0.3 is 0 Å². The number of ether oxygens (including phenoxy) is 2. The van der Waals surface area contributed by atoms with E-state index in [0.717, 1.165) is 30.2 Å². The van der Waals surface area contributed by atoms with Gasteiger partial charge in [-0.05, 0) is 86.0 Å². The minimum absolute atomic E-state index is 0.0443. The molecule has 236 valence electrons. The van der Waals surface area contributed by atoms with Gasteiger partial charge in [-0.15, -0.1) is 0 Å². The van der Waals surface area contributed by atoms with Crippen molar-refractivity contribution in [2.24, 2.45) is 23.2 Å². The molecule has 3 N–H and O–H groups in total. The average Bonchev–Trinajstić information content (AvgIpc) is 3.65. The molecule has 45 heavy (non-hydrogen) atoms. The predicted molar refractivity (Wildman–Crippen MR) is 166 cm³/mol. The Morgan fingerprint density at radius 2 is 1.78 bits per heavy atom. The van der Waals surface area contributed by atoms with E-state index >= 15 is 0 Å². The molecule has 9 nitrogen and oxygen atoms in total. The molecule has 0 spiro atoms. The van der Waals surface area contributed by atoms with Crippen molar-refractivity contribution in [3.63, 3.8) is 0 Å². The number of benzene rings is 2. The van der Waals surface area contributed by atoms with Crippen LogP contribution in [0, 0.1) is 23.2 Å². The molecule has 6 aliphatic rings. The van der Waals surface area contributed by atoms with E-state index in [-0.39, 0.29) is 36.1 Å². The Bertz CT molecular complexity index is 1640. The van der Waals surface area contributed by atoms with E-state index in [1.807, 2.05) is 36.4 Å². The van der Waals surface area contributed by atoms with Gasteiger partial charge in [0.2, 0.25) is 5.91 Å². The number of carbonyl (C=O) groups excluding carboxylic acids is 2. The van der Waals surface area contributed by atoms with Gasteiger partial charge in [0.1, 0.15) is 18.0 Å². The van der Waals surface area contributed by atoms with Crippen LogP contribution in [-0.4, -0.2) is 72.0 Å².